The van der Waals surface area contributed by atoms with Gasteiger partial charge in [-0.2, -0.15) is 0 Å². The number of benzene rings is 3. The molecule has 5 aromatic rings. The van der Waals surface area contributed by atoms with Crippen molar-refractivity contribution in [1.82, 2.24) is 14.5 Å². The fraction of sp³-hybridized carbons (Fsp3) is 0.115. The van der Waals surface area contributed by atoms with E-state index in [2.05, 4.69) is 10.3 Å². The topological polar surface area (TPSA) is 79.8 Å². The van der Waals surface area contributed by atoms with Crippen molar-refractivity contribution in [2.75, 3.05) is 11.1 Å². The van der Waals surface area contributed by atoms with E-state index in [-0.39, 0.29) is 17.2 Å². The van der Waals surface area contributed by atoms with Crippen LogP contribution in [0.5, 0.6) is 0 Å². The quantitative estimate of drug-likeness (QED) is 0.267. The summed E-state index contributed by atoms with van der Waals surface area (Å²) in [4.78, 5) is 34.3. The largest absolute Gasteiger partial charge is 0.349 e. The number of fused-ring (bicyclic) bond motifs is 3. The predicted octanol–water partition coefficient (Wildman–Crippen LogP) is 5.35. The lowest BCUT2D eigenvalue weighted by molar-refractivity contribution is -0.113. The summed E-state index contributed by atoms with van der Waals surface area (Å²) in [5, 5.41) is 3.94. The minimum atomic E-state index is -0.430. The zero-order valence-electron chi connectivity index (χ0n) is 18.6. The molecule has 0 radical (unpaired) electrons. The third-order valence-corrected chi connectivity index (χ3v) is 6.48. The molecule has 0 fully saturated rings. The molecule has 2 N–H and O–H groups in total. The monoisotopic (exact) mass is 472 g/mol. The van der Waals surface area contributed by atoms with Crippen molar-refractivity contribution in [1.29, 1.82) is 0 Å². The van der Waals surface area contributed by atoms with Gasteiger partial charge in [-0.05, 0) is 55.3 Å². The first-order valence-corrected chi connectivity index (χ1v) is 11.7. The Hall–Kier alpha value is -3.91. The predicted molar refractivity (Wildman–Crippen MR) is 134 cm³/mol. The van der Waals surface area contributed by atoms with Crippen LogP contribution in [-0.2, 0) is 4.79 Å². The minimum Gasteiger partial charge on any atom is -0.349 e. The second-order valence-corrected chi connectivity index (χ2v) is 9.01. The summed E-state index contributed by atoms with van der Waals surface area (Å²) in [6, 6.07) is 19.2. The van der Waals surface area contributed by atoms with Crippen LogP contribution in [0.25, 0.3) is 27.6 Å². The molecule has 3 aromatic carbocycles. The van der Waals surface area contributed by atoms with Gasteiger partial charge in [0.1, 0.15) is 16.9 Å². The van der Waals surface area contributed by atoms with Crippen molar-refractivity contribution < 1.29 is 9.18 Å². The Bertz CT molecular complexity index is 1620. The van der Waals surface area contributed by atoms with Crippen LogP contribution >= 0.6 is 11.8 Å². The molecule has 0 spiro atoms. The molecule has 1 amide bonds. The number of amides is 1. The molecule has 0 aliphatic heterocycles. The molecule has 0 aliphatic rings. The normalized spacial score (nSPS) is 11.3. The summed E-state index contributed by atoms with van der Waals surface area (Å²) in [5.41, 5.74) is 4.57. The molecule has 5 rings (SSSR count). The molecule has 0 saturated carbocycles. The number of aromatic amines is 1. The lowest BCUT2D eigenvalue weighted by Gasteiger charge is -2.15. The van der Waals surface area contributed by atoms with E-state index in [1.807, 2.05) is 56.3 Å². The zero-order chi connectivity index (χ0) is 23.8. The van der Waals surface area contributed by atoms with Gasteiger partial charge in [0.05, 0.1) is 11.4 Å². The lowest BCUT2D eigenvalue weighted by atomic mass is 10.1. The number of H-pyrrole nitrogens is 1. The molecule has 0 unspecified atom stereocenters. The van der Waals surface area contributed by atoms with E-state index in [0.29, 0.717) is 27.6 Å². The van der Waals surface area contributed by atoms with E-state index in [4.69, 9.17) is 4.98 Å². The first-order chi connectivity index (χ1) is 16.4. The van der Waals surface area contributed by atoms with Crippen molar-refractivity contribution in [3.8, 4) is 5.69 Å². The number of aryl methyl sites for hydroxylation is 2. The SMILES string of the molecule is Cc1ccc(C)c(-n2c(SCC(=O)Nc3cccc(F)c3)nc3c([nH]c4ccccc43)c2=O)c1. The van der Waals surface area contributed by atoms with Crippen molar-refractivity contribution in [3.05, 3.63) is 94.0 Å². The van der Waals surface area contributed by atoms with E-state index < -0.39 is 5.82 Å². The second-order valence-electron chi connectivity index (χ2n) is 8.07. The number of aromatic nitrogens is 3. The summed E-state index contributed by atoms with van der Waals surface area (Å²) in [6.45, 7) is 3.89. The second kappa shape index (κ2) is 8.79. The van der Waals surface area contributed by atoms with Crippen molar-refractivity contribution >= 4 is 45.3 Å². The Balaban J connectivity index is 1.60. The van der Waals surface area contributed by atoms with Gasteiger partial charge in [-0.15, -0.1) is 0 Å². The first kappa shape index (κ1) is 21.9. The molecule has 0 saturated heterocycles. The molecule has 34 heavy (non-hydrogen) atoms. The zero-order valence-corrected chi connectivity index (χ0v) is 19.4. The summed E-state index contributed by atoms with van der Waals surface area (Å²) >= 11 is 1.16. The lowest BCUT2D eigenvalue weighted by Crippen LogP contribution is -2.23. The molecular formula is C26H21FN4O2S. The third kappa shape index (κ3) is 4.08. The molecule has 0 atom stereocenters. The van der Waals surface area contributed by atoms with Gasteiger partial charge in [0.15, 0.2) is 5.16 Å². The van der Waals surface area contributed by atoms with E-state index in [9.17, 15) is 14.0 Å². The van der Waals surface area contributed by atoms with Gasteiger partial charge in [0.2, 0.25) is 5.91 Å². The van der Waals surface area contributed by atoms with Gasteiger partial charge in [0.25, 0.3) is 5.56 Å². The maximum Gasteiger partial charge on any atom is 0.283 e. The Morgan fingerprint density at radius 2 is 1.91 bits per heavy atom. The van der Waals surface area contributed by atoms with Crippen LogP contribution in [0.2, 0.25) is 0 Å². The first-order valence-electron chi connectivity index (χ1n) is 10.7. The Kier molecular flexibility index (Phi) is 5.67. The summed E-state index contributed by atoms with van der Waals surface area (Å²) in [5.74, 6) is -0.751. The van der Waals surface area contributed by atoms with Crippen molar-refractivity contribution in [2.24, 2.45) is 0 Å². The number of nitrogens with one attached hydrogen (secondary N) is 2. The molecular weight excluding hydrogens is 451 g/mol. The minimum absolute atomic E-state index is 0.00167. The highest BCUT2D eigenvalue weighted by molar-refractivity contribution is 7.99. The van der Waals surface area contributed by atoms with Crippen LogP contribution < -0.4 is 10.9 Å². The average Bonchev–Trinajstić information content (AvgIpc) is 3.19. The average molecular weight is 473 g/mol. The number of nitrogens with zero attached hydrogens (tertiary/aromatic N) is 2. The number of hydrogen-bond donors (Lipinski definition) is 2. The highest BCUT2D eigenvalue weighted by Gasteiger charge is 2.19. The number of hydrogen-bond acceptors (Lipinski definition) is 4. The Morgan fingerprint density at radius 1 is 1.09 bits per heavy atom. The summed E-state index contributed by atoms with van der Waals surface area (Å²) in [7, 11) is 0. The van der Waals surface area contributed by atoms with Gasteiger partial charge in [-0.25, -0.2) is 9.37 Å². The number of anilines is 1. The maximum atomic E-state index is 13.7. The van der Waals surface area contributed by atoms with Gasteiger partial charge in [-0.1, -0.05) is 48.2 Å². The molecule has 2 heterocycles. The van der Waals surface area contributed by atoms with E-state index in [1.54, 1.807) is 10.6 Å². The van der Waals surface area contributed by atoms with E-state index >= 15 is 0 Å². The van der Waals surface area contributed by atoms with E-state index in [1.165, 1.54) is 18.2 Å². The summed E-state index contributed by atoms with van der Waals surface area (Å²) < 4.78 is 15.0. The van der Waals surface area contributed by atoms with Gasteiger partial charge < -0.3 is 10.3 Å². The van der Waals surface area contributed by atoms with Crippen LogP contribution in [0.15, 0.2) is 76.7 Å². The fourth-order valence-electron chi connectivity index (χ4n) is 3.91. The number of carbonyl (C=O) groups is 1. The van der Waals surface area contributed by atoms with Crippen molar-refractivity contribution in [2.45, 2.75) is 19.0 Å². The van der Waals surface area contributed by atoms with Crippen LogP contribution in [0.3, 0.4) is 0 Å². The number of rotatable bonds is 5. The Morgan fingerprint density at radius 3 is 2.74 bits per heavy atom. The molecule has 0 aliphatic carbocycles. The summed E-state index contributed by atoms with van der Waals surface area (Å²) in [6.07, 6.45) is 0. The van der Waals surface area contributed by atoms with Crippen LogP contribution in [0.4, 0.5) is 10.1 Å². The number of halogens is 1. The Labute approximate surface area is 198 Å². The van der Waals surface area contributed by atoms with Crippen molar-refractivity contribution in [3.63, 3.8) is 0 Å². The maximum absolute atomic E-state index is 13.7. The standard InChI is InChI=1S/C26H21FN4O2S/c1-15-10-11-16(2)21(12-15)31-25(33)24-23(19-8-3-4-9-20(19)29-24)30-26(31)34-14-22(32)28-18-7-5-6-17(27)13-18/h3-13,29H,14H2,1-2H3,(H,28,32). The molecule has 8 heteroatoms. The van der Waals surface area contributed by atoms with Crippen LogP contribution in [0.1, 0.15) is 11.1 Å². The number of thioether (sulfide) groups is 1. The fourth-order valence-corrected chi connectivity index (χ4v) is 4.70. The number of carbonyl (C=O) groups excluding carboxylic acids is 1. The molecule has 6 nitrogen and oxygen atoms in total. The van der Waals surface area contributed by atoms with Gasteiger partial charge in [-0.3, -0.25) is 14.2 Å². The van der Waals surface area contributed by atoms with Gasteiger partial charge in [0, 0.05) is 16.6 Å². The smallest absolute Gasteiger partial charge is 0.283 e. The highest BCUT2D eigenvalue weighted by Crippen LogP contribution is 2.27. The molecule has 0 bridgehead atoms. The number of para-hydroxylation sites is 1. The van der Waals surface area contributed by atoms with Crippen LogP contribution in [0, 0.1) is 19.7 Å². The van der Waals surface area contributed by atoms with Crippen LogP contribution in [-0.4, -0.2) is 26.2 Å². The third-order valence-electron chi connectivity index (χ3n) is 5.54. The van der Waals surface area contributed by atoms with Gasteiger partial charge >= 0.3 is 0 Å². The highest BCUT2D eigenvalue weighted by atomic mass is 32.2. The molecule has 170 valence electrons. The molecule has 2 aromatic heterocycles. The van der Waals surface area contributed by atoms with E-state index in [0.717, 1.165) is 33.8 Å².